The van der Waals surface area contributed by atoms with E-state index in [2.05, 4.69) is 13.8 Å². The Hall–Kier alpha value is -0.850. The number of halogens is 1. The van der Waals surface area contributed by atoms with Gasteiger partial charge in [-0.05, 0) is 32.1 Å². The number of ether oxygens (including phenoxy) is 3. The minimum Gasteiger partial charge on any atom is -0.461 e. The molecule has 1 aliphatic heterocycles. The average molecular weight is 364 g/mol. The molecule has 0 radical (unpaired) electrons. The normalized spacial score (nSPS) is 31.3. The third-order valence-corrected chi connectivity index (χ3v) is 4.52. The topological polar surface area (TPSA) is 87.8 Å². The summed E-state index contributed by atoms with van der Waals surface area (Å²) in [6, 6.07) is -0.791. The van der Waals surface area contributed by atoms with Gasteiger partial charge < -0.3 is 19.9 Å². The molecular weight excluding hydrogens is 334 g/mol. The Bertz CT molecular complexity index is 427. The fourth-order valence-electron chi connectivity index (χ4n) is 2.80. The van der Waals surface area contributed by atoms with Crippen LogP contribution in [0.3, 0.4) is 0 Å². The van der Waals surface area contributed by atoms with E-state index in [0.29, 0.717) is 5.92 Å². The first kappa shape index (κ1) is 21.2. The smallest absolute Gasteiger partial charge is 0.325 e. The minimum absolute atomic E-state index is 0. The summed E-state index contributed by atoms with van der Waals surface area (Å²) in [6.07, 6.45) is 2.83. The van der Waals surface area contributed by atoms with Crippen molar-refractivity contribution in [1.29, 1.82) is 0 Å². The number of rotatable bonds is 5. The summed E-state index contributed by atoms with van der Waals surface area (Å²) >= 11 is 0. The predicted octanol–water partition coefficient (Wildman–Crippen LogP) is 2.07. The van der Waals surface area contributed by atoms with E-state index in [1.807, 2.05) is 6.92 Å². The molecule has 1 aliphatic carbocycles. The molecule has 140 valence electrons. The molecule has 2 rings (SSSR count). The van der Waals surface area contributed by atoms with Crippen LogP contribution < -0.4 is 5.73 Å². The van der Waals surface area contributed by atoms with Gasteiger partial charge in [0, 0.05) is 5.92 Å². The molecule has 0 spiro atoms. The first-order valence-corrected chi connectivity index (χ1v) is 8.62. The Labute approximate surface area is 150 Å². The molecule has 0 aromatic heterocycles. The van der Waals surface area contributed by atoms with Crippen molar-refractivity contribution in [2.75, 3.05) is 13.2 Å². The molecule has 0 aromatic carbocycles. The van der Waals surface area contributed by atoms with Crippen LogP contribution in [0.5, 0.6) is 0 Å². The zero-order valence-electron chi connectivity index (χ0n) is 14.7. The van der Waals surface area contributed by atoms with Crippen LogP contribution in [-0.4, -0.2) is 43.4 Å². The second-order valence-corrected chi connectivity index (χ2v) is 7.17. The molecular formula is C17H30ClNO5. The van der Waals surface area contributed by atoms with Gasteiger partial charge in [0.05, 0.1) is 19.1 Å². The molecule has 0 aromatic rings. The van der Waals surface area contributed by atoms with Crippen molar-refractivity contribution < 1.29 is 23.8 Å². The number of hydrogen-bond donors (Lipinski definition) is 1. The van der Waals surface area contributed by atoms with E-state index in [9.17, 15) is 9.59 Å². The van der Waals surface area contributed by atoms with Gasteiger partial charge in [-0.3, -0.25) is 9.59 Å². The molecule has 4 atom stereocenters. The van der Waals surface area contributed by atoms with E-state index in [1.165, 1.54) is 0 Å². The van der Waals surface area contributed by atoms with Crippen molar-refractivity contribution in [3.05, 3.63) is 0 Å². The maximum atomic E-state index is 12.1. The van der Waals surface area contributed by atoms with Crippen LogP contribution in [0.4, 0.5) is 0 Å². The van der Waals surface area contributed by atoms with E-state index in [-0.39, 0.29) is 49.5 Å². The standard InChI is InChI=1S/C17H29NO5.ClH/c1-10(2)4-7-13-11(3)22-17(20)14(18)8-21-9-15(13)23-16(19)12-5-6-12;/h10-15H,4-9,18H2,1-3H3;1H/t11-,13-,14-,15-;/m0./s1. The summed E-state index contributed by atoms with van der Waals surface area (Å²) in [5, 5.41) is 0. The molecule has 7 heteroatoms. The Morgan fingerprint density at radius 2 is 2.00 bits per heavy atom. The monoisotopic (exact) mass is 363 g/mol. The Morgan fingerprint density at radius 1 is 1.33 bits per heavy atom. The summed E-state index contributed by atoms with van der Waals surface area (Å²) in [6.45, 7) is 6.47. The highest BCUT2D eigenvalue weighted by Gasteiger charge is 2.38. The summed E-state index contributed by atoms with van der Waals surface area (Å²) < 4.78 is 16.7. The number of hydrogen-bond acceptors (Lipinski definition) is 6. The zero-order chi connectivity index (χ0) is 17.0. The molecule has 2 fully saturated rings. The summed E-state index contributed by atoms with van der Waals surface area (Å²) in [5.41, 5.74) is 5.74. The lowest BCUT2D eigenvalue weighted by atomic mass is 9.89. The number of cyclic esters (lactones) is 1. The van der Waals surface area contributed by atoms with Gasteiger partial charge in [-0.1, -0.05) is 20.3 Å². The fourth-order valence-corrected chi connectivity index (χ4v) is 2.80. The molecule has 1 saturated heterocycles. The highest BCUT2D eigenvalue weighted by Crippen LogP contribution is 2.32. The zero-order valence-corrected chi connectivity index (χ0v) is 15.6. The quantitative estimate of drug-likeness (QED) is 0.752. The molecule has 24 heavy (non-hydrogen) atoms. The molecule has 0 unspecified atom stereocenters. The molecule has 6 nitrogen and oxygen atoms in total. The molecule has 2 N–H and O–H groups in total. The maximum Gasteiger partial charge on any atom is 0.325 e. The second kappa shape index (κ2) is 9.59. The second-order valence-electron chi connectivity index (χ2n) is 7.17. The molecule has 1 heterocycles. The van der Waals surface area contributed by atoms with Crippen LogP contribution in [0.25, 0.3) is 0 Å². The highest BCUT2D eigenvalue weighted by molar-refractivity contribution is 5.85. The maximum absolute atomic E-state index is 12.1. The highest BCUT2D eigenvalue weighted by atomic mass is 35.5. The molecule has 1 saturated carbocycles. The summed E-state index contributed by atoms with van der Waals surface area (Å²) in [4.78, 5) is 24.0. The van der Waals surface area contributed by atoms with Gasteiger partial charge >= 0.3 is 11.9 Å². The van der Waals surface area contributed by atoms with E-state index in [0.717, 1.165) is 25.7 Å². The Balaban J connectivity index is 0.00000288. The van der Waals surface area contributed by atoms with Gasteiger partial charge in [0.2, 0.25) is 0 Å². The van der Waals surface area contributed by atoms with Crippen molar-refractivity contribution in [1.82, 2.24) is 0 Å². The third kappa shape index (κ3) is 6.22. The van der Waals surface area contributed by atoms with Crippen LogP contribution in [0, 0.1) is 17.8 Å². The van der Waals surface area contributed by atoms with Crippen molar-refractivity contribution in [3.63, 3.8) is 0 Å². The van der Waals surface area contributed by atoms with E-state index in [4.69, 9.17) is 19.9 Å². The number of esters is 2. The van der Waals surface area contributed by atoms with Gasteiger partial charge in [-0.15, -0.1) is 12.4 Å². The van der Waals surface area contributed by atoms with E-state index >= 15 is 0 Å². The fraction of sp³-hybridized carbons (Fsp3) is 0.882. The SMILES string of the molecule is CC(C)CC[C@H]1[C@H](C)OC(=O)[C@@H](N)COC[C@@H]1OC(=O)C1CC1.Cl. The van der Waals surface area contributed by atoms with Gasteiger partial charge in [0.25, 0.3) is 0 Å². The molecule has 0 amide bonds. The summed E-state index contributed by atoms with van der Waals surface area (Å²) in [7, 11) is 0. The average Bonchev–Trinajstić information content (AvgIpc) is 3.30. The van der Waals surface area contributed by atoms with Crippen LogP contribution >= 0.6 is 12.4 Å². The van der Waals surface area contributed by atoms with Gasteiger partial charge in [0.1, 0.15) is 18.2 Å². The lowest BCUT2D eigenvalue weighted by molar-refractivity contribution is -0.163. The van der Waals surface area contributed by atoms with Crippen molar-refractivity contribution in [3.8, 4) is 0 Å². The first-order valence-electron chi connectivity index (χ1n) is 8.62. The number of carbonyl (C=O) groups excluding carboxylic acids is 2. The third-order valence-electron chi connectivity index (χ3n) is 4.52. The minimum atomic E-state index is -0.791. The van der Waals surface area contributed by atoms with E-state index in [1.54, 1.807) is 0 Å². The molecule has 0 bridgehead atoms. The van der Waals surface area contributed by atoms with Gasteiger partial charge in [-0.25, -0.2) is 0 Å². The number of nitrogens with two attached hydrogens (primary N) is 1. The first-order chi connectivity index (χ1) is 10.9. The van der Waals surface area contributed by atoms with Crippen LogP contribution in [0.15, 0.2) is 0 Å². The Morgan fingerprint density at radius 3 is 2.58 bits per heavy atom. The molecule has 2 aliphatic rings. The van der Waals surface area contributed by atoms with Gasteiger partial charge in [0.15, 0.2) is 0 Å². The largest absolute Gasteiger partial charge is 0.461 e. The van der Waals surface area contributed by atoms with Crippen LogP contribution in [-0.2, 0) is 23.8 Å². The lowest BCUT2D eigenvalue weighted by Crippen LogP contribution is -2.40. The van der Waals surface area contributed by atoms with Gasteiger partial charge in [-0.2, -0.15) is 0 Å². The summed E-state index contributed by atoms with van der Waals surface area (Å²) in [5.74, 6) is -0.132. The van der Waals surface area contributed by atoms with Crippen LogP contribution in [0.1, 0.15) is 46.5 Å². The number of carbonyl (C=O) groups is 2. The van der Waals surface area contributed by atoms with Crippen LogP contribution in [0.2, 0.25) is 0 Å². The van der Waals surface area contributed by atoms with Crippen molar-refractivity contribution in [2.45, 2.75) is 64.7 Å². The van der Waals surface area contributed by atoms with Crippen molar-refractivity contribution >= 4 is 24.3 Å². The van der Waals surface area contributed by atoms with E-state index < -0.39 is 18.1 Å². The predicted molar refractivity (Wildman–Crippen MR) is 91.8 cm³/mol. The lowest BCUT2D eigenvalue weighted by Gasteiger charge is -2.30. The van der Waals surface area contributed by atoms with Crippen molar-refractivity contribution in [2.24, 2.45) is 23.5 Å². The Kier molecular flexibility index (Phi) is 8.46.